The lowest BCUT2D eigenvalue weighted by molar-refractivity contribution is 0.317. The van der Waals surface area contributed by atoms with Crippen molar-refractivity contribution in [2.75, 3.05) is 0 Å². The minimum atomic E-state index is -0.224. The Morgan fingerprint density at radius 2 is 2.15 bits per heavy atom. The first kappa shape index (κ1) is 8.23. The quantitative estimate of drug-likeness (QED) is 0.481. The predicted molar refractivity (Wildman–Crippen MR) is 47.7 cm³/mol. The molecule has 0 unspecified atom stereocenters. The van der Waals surface area contributed by atoms with Gasteiger partial charge in [0.05, 0.1) is 5.71 Å². The van der Waals surface area contributed by atoms with Crippen molar-refractivity contribution >= 4 is 5.71 Å². The molecule has 2 rings (SSSR count). The zero-order valence-electron chi connectivity index (χ0n) is 7.13. The fourth-order valence-corrected chi connectivity index (χ4v) is 1.74. The second-order valence-corrected chi connectivity index (χ2v) is 3.20. The lowest BCUT2D eigenvalue weighted by atomic mass is 9.90. The van der Waals surface area contributed by atoms with Gasteiger partial charge in [-0.05, 0) is 43.0 Å². The molecule has 0 atom stereocenters. The Bertz CT molecular complexity index is 360. The van der Waals surface area contributed by atoms with Crippen LogP contribution in [0.1, 0.15) is 24.0 Å². The Hall–Kier alpha value is -1.38. The standard InChI is InChI=1S/C10H10FNO/c11-8-4-5-9-7(6-8)2-1-3-10(9)12-13/h4-6,13H,1-3H2/b12-10+. The second-order valence-electron chi connectivity index (χ2n) is 3.20. The minimum Gasteiger partial charge on any atom is -0.411 e. The van der Waals surface area contributed by atoms with Gasteiger partial charge in [0, 0.05) is 5.56 Å². The Labute approximate surface area is 75.7 Å². The molecule has 0 heterocycles. The summed E-state index contributed by atoms with van der Waals surface area (Å²) in [5.74, 6) is -0.224. The first-order valence-corrected chi connectivity index (χ1v) is 4.31. The summed E-state index contributed by atoms with van der Waals surface area (Å²) in [6, 6.07) is 4.59. The molecule has 1 aromatic carbocycles. The van der Waals surface area contributed by atoms with Gasteiger partial charge in [0.15, 0.2) is 0 Å². The highest BCUT2D eigenvalue weighted by molar-refractivity contribution is 6.02. The molecule has 1 aromatic rings. The number of halogens is 1. The fraction of sp³-hybridized carbons (Fsp3) is 0.300. The third-order valence-electron chi connectivity index (χ3n) is 2.36. The molecule has 0 aliphatic heterocycles. The summed E-state index contributed by atoms with van der Waals surface area (Å²) in [4.78, 5) is 0. The van der Waals surface area contributed by atoms with E-state index in [9.17, 15) is 4.39 Å². The van der Waals surface area contributed by atoms with Gasteiger partial charge < -0.3 is 5.21 Å². The van der Waals surface area contributed by atoms with Gasteiger partial charge in [0.25, 0.3) is 0 Å². The van der Waals surface area contributed by atoms with Crippen molar-refractivity contribution in [2.45, 2.75) is 19.3 Å². The van der Waals surface area contributed by atoms with Crippen LogP contribution in [0.3, 0.4) is 0 Å². The first-order chi connectivity index (χ1) is 6.31. The van der Waals surface area contributed by atoms with E-state index in [1.807, 2.05) is 0 Å². The maximum atomic E-state index is 12.8. The molecule has 1 N–H and O–H groups in total. The van der Waals surface area contributed by atoms with Crippen LogP contribution in [-0.2, 0) is 6.42 Å². The zero-order valence-corrected chi connectivity index (χ0v) is 7.13. The molecule has 1 aliphatic rings. The van der Waals surface area contributed by atoms with Gasteiger partial charge in [-0.2, -0.15) is 0 Å². The first-order valence-electron chi connectivity index (χ1n) is 4.31. The van der Waals surface area contributed by atoms with Gasteiger partial charge in [-0.3, -0.25) is 0 Å². The molecule has 3 heteroatoms. The summed E-state index contributed by atoms with van der Waals surface area (Å²) < 4.78 is 12.8. The molecule has 0 fully saturated rings. The van der Waals surface area contributed by atoms with Crippen LogP contribution < -0.4 is 0 Å². The monoisotopic (exact) mass is 179 g/mol. The number of fused-ring (bicyclic) bond motifs is 1. The molecule has 0 saturated carbocycles. The van der Waals surface area contributed by atoms with Crippen molar-refractivity contribution < 1.29 is 9.60 Å². The number of oxime groups is 1. The van der Waals surface area contributed by atoms with Gasteiger partial charge in [-0.25, -0.2) is 4.39 Å². The molecule has 0 saturated heterocycles. The van der Waals surface area contributed by atoms with E-state index in [0.717, 1.165) is 30.4 Å². The highest BCUT2D eigenvalue weighted by Gasteiger charge is 2.15. The average Bonchev–Trinajstić information content (AvgIpc) is 2.16. The van der Waals surface area contributed by atoms with Gasteiger partial charge in [0.2, 0.25) is 0 Å². The van der Waals surface area contributed by atoms with Crippen molar-refractivity contribution in [3.05, 3.63) is 35.1 Å². The van der Waals surface area contributed by atoms with Gasteiger partial charge in [-0.1, -0.05) is 5.16 Å². The summed E-state index contributed by atoms with van der Waals surface area (Å²) in [5, 5.41) is 11.9. The lowest BCUT2D eigenvalue weighted by Gasteiger charge is -2.16. The zero-order chi connectivity index (χ0) is 9.26. The van der Waals surface area contributed by atoms with Crippen LogP contribution in [0.5, 0.6) is 0 Å². The molecular weight excluding hydrogens is 169 g/mol. The Morgan fingerprint density at radius 3 is 2.92 bits per heavy atom. The van der Waals surface area contributed by atoms with Crippen LogP contribution in [0.15, 0.2) is 23.4 Å². The number of aryl methyl sites for hydroxylation is 1. The summed E-state index contributed by atoms with van der Waals surface area (Å²) in [6.07, 6.45) is 2.57. The third-order valence-corrected chi connectivity index (χ3v) is 2.36. The Morgan fingerprint density at radius 1 is 1.31 bits per heavy atom. The molecule has 0 radical (unpaired) electrons. The largest absolute Gasteiger partial charge is 0.411 e. The molecule has 0 bridgehead atoms. The lowest BCUT2D eigenvalue weighted by Crippen LogP contribution is -2.11. The molecule has 68 valence electrons. The topological polar surface area (TPSA) is 32.6 Å². The number of hydrogen-bond donors (Lipinski definition) is 1. The van der Waals surface area contributed by atoms with Crippen molar-refractivity contribution in [1.29, 1.82) is 0 Å². The summed E-state index contributed by atoms with van der Waals surface area (Å²) >= 11 is 0. The molecule has 1 aliphatic carbocycles. The van der Waals surface area contributed by atoms with E-state index in [1.54, 1.807) is 6.07 Å². The van der Waals surface area contributed by atoms with Crippen molar-refractivity contribution in [3.63, 3.8) is 0 Å². The van der Waals surface area contributed by atoms with Crippen molar-refractivity contribution in [1.82, 2.24) is 0 Å². The van der Waals surface area contributed by atoms with Crippen molar-refractivity contribution in [3.8, 4) is 0 Å². The van der Waals surface area contributed by atoms with Crippen LogP contribution in [0.4, 0.5) is 4.39 Å². The second kappa shape index (κ2) is 3.17. The maximum Gasteiger partial charge on any atom is 0.123 e. The molecular formula is C10H10FNO. The summed E-state index contributed by atoms with van der Waals surface area (Å²) in [5.41, 5.74) is 2.50. The molecule has 13 heavy (non-hydrogen) atoms. The van der Waals surface area contributed by atoms with E-state index in [0.29, 0.717) is 5.71 Å². The highest BCUT2D eigenvalue weighted by Crippen LogP contribution is 2.22. The smallest absolute Gasteiger partial charge is 0.123 e. The van der Waals surface area contributed by atoms with E-state index in [2.05, 4.69) is 5.16 Å². The van der Waals surface area contributed by atoms with Gasteiger partial charge >= 0.3 is 0 Å². The van der Waals surface area contributed by atoms with E-state index >= 15 is 0 Å². The Balaban J connectivity index is 2.52. The fourth-order valence-electron chi connectivity index (χ4n) is 1.74. The van der Waals surface area contributed by atoms with Crippen LogP contribution in [0.2, 0.25) is 0 Å². The van der Waals surface area contributed by atoms with Crippen molar-refractivity contribution in [2.24, 2.45) is 5.16 Å². The Kier molecular flexibility index (Phi) is 2.00. The van der Waals surface area contributed by atoms with E-state index in [4.69, 9.17) is 5.21 Å². The molecule has 0 aromatic heterocycles. The maximum absolute atomic E-state index is 12.8. The molecule has 2 nitrogen and oxygen atoms in total. The van der Waals surface area contributed by atoms with Crippen LogP contribution in [0, 0.1) is 5.82 Å². The van der Waals surface area contributed by atoms with Crippen LogP contribution in [-0.4, -0.2) is 10.9 Å². The number of rotatable bonds is 0. The number of benzene rings is 1. The normalized spacial score (nSPS) is 18.7. The van der Waals surface area contributed by atoms with E-state index in [-0.39, 0.29) is 5.82 Å². The molecule has 0 spiro atoms. The van der Waals surface area contributed by atoms with Crippen LogP contribution in [0.25, 0.3) is 0 Å². The highest BCUT2D eigenvalue weighted by atomic mass is 19.1. The summed E-state index contributed by atoms with van der Waals surface area (Å²) in [6.45, 7) is 0. The third kappa shape index (κ3) is 1.41. The molecule has 0 amide bonds. The van der Waals surface area contributed by atoms with E-state index < -0.39 is 0 Å². The minimum absolute atomic E-state index is 0.224. The predicted octanol–water partition coefficient (Wildman–Crippen LogP) is 2.34. The van der Waals surface area contributed by atoms with Gasteiger partial charge in [0.1, 0.15) is 5.82 Å². The SMILES string of the molecule is O/N=C1\CCCc2cc(F)ccc21. The van der Waals surface area contributed by atoms with Crippen LogP contribution >= 0.6 is 0 Å². The average molecular weight is 179 g/mol. The van der Waals surface area contributed by atoms with Gasteiger partial charge in [-0.15, -0.1) is 0 Å². The van der Waals surface area contributed by atoms with E-state index in [1.165, 1.54) is 12.1 Å². The summed E-state index contributed by atoms with van der Waals surface area (Å²) in [7, 11) is 0. The number of nitrogens with zero attached hydrogens (tertiary/aromatic N) is 1. The number of hydrogen-bond acceptors (Lipinski definition) is 2.